The number of nitrogens with one attached hydrogen (secondary N) is 1. The van der Waals surface area contributed by atoms with E-state index >= 15 is 0 Å². The molecule has 0 aliphatic rings. The van der Waals surface area contributed by atoms with Gasteiger partial charge in [-0.15, -0.1) is 0 Å². The Balaban J connectivity index is 4.11. The maximum atomic E-state index is 12.8. The van der Waals surface area contributed by atoms with Gasteiger partial charge in [-0.3, -0.25) is 9.36 Å². The van der Waals surface area contributed by atoms with Gasteiger partial charge >= 0.3 is 0 Å². The molecule has 0 radical (unpaired) electrons. The number of carbonyl (C=O) groups is 1. The molecule has 3 unspecified atom stereocenters. The lowest BCUT2D eigenvalue weighted by molar-refractivity contribution is -0.870. The van der Waals surface area contributed by atoms with Crippen molar-refractivity contribution < 1.29 is 32.9 Å². The van der Waals surface area contributed by atoms with E-state index in [0.29, 0.717) is 17.4 Å². The van der Waals surface area contributed by atoms with Crippen LogP contribution in [0.2, 0.25) is 0 Å². The molecule has 0 aromatic rings. The number of amides is 1. The molecule has 9 heteroatoms. The average Bonchev–Trinajstić information content (AvgIpc) is 3.19. The van der Waals surface area contributed by atoms with E-state index in [1.807, 2.05) is 27.2 Å². The average molecular weight is 857 g/mol. The lowest BCUT2D eigenvalue weighted by Gasteiger charge is -2.29. The number of phosphoric acid groups is 1. The molecule has 0 spiro atoms. The summed E-state index contributed by atoms with van der Waals surface area (Å²) in [6, 6.07) is -0.879. The first-order chi connectivity index (χ1) is 28.5. The van der Waals surface area contributed by atoms with Gasteiger partial charge in [0.25, 0.3) is 7.82 Å². The number of allylic oxidation sites excluding steroid dienone is 1. The predicted octanol–water partition coefficient (Wildman–Crippen LogP) is 14.1. The molecular weight excluding hydrogens is 756 g/mol. The summed E-state index contributed by atoms with van der Waals surface area (Å²) in [5, 5.41) is 13.8. The van der Waals surface area contributed by atoms with E-state index in [4.69, 9.17) is 9.05 Å². The zero-order chi connectivity index (χ0) is 43.6. The SMILES string of the molecule is CCCCCCCCCCCCCCCCCCCCCCCCCCC/C=C/C(O)C(COP(=O)([O-])OCC[N+](C)(C)C)NC(=O)CCCCCCCCCCCC. The number of nitrogens with zero attached hydrogens (tertiary/aromatic N) is 1. The number of likely N-dealkylation sites (N-methyl/N-ethyl adjacent to an activating group) is 1. The van der Waals surface area contributed by atoms with Gasteiger partial charge in [0, 0.05) is 6.42 Å². The number of hydrogen-bond donors (Lipinski definition) is 2. The minimum absolute atomic E-state index is 0.00209. The van der Waals surface area contributed by atoms with Gasteiger partial charge in [-0.1, -0.05) is 238 Å². The van der Waals surface area contributed by atoms with Crippen molar-refractivity contribution in [1.82, 2.24) is 5.32 Å². The number of quaternary nitrogens is 1. The molecule has 0 aromatic heterocycles. The van der Waals surface area contributed by atoms with Crippen LogP contribution in [-0.2, 0) is 18.4 Å². The quantitative estimate of drug-likeness (QED) is 0.0273. The van der Waals surface area contributed by atoms with Crippen LogP contribution >= 0.6 is 7.82 Å². The normalized spacial score (nSPS) is 14.2. The largest absolute Gasteiger partial charge is 0.756 e. The van der Waals surface area contributed by atoms with Gasteiger partial charge in [0.1, 0.15) is 13.2 Å². The number of carbonyl (C=O) groups excluding carboxylic acids is 1. The van der Waals surface area contributed by atoms with Crippen molar-refractivity contribution >= 4 is 13.7 Å². The van der Waals surface area contributed by atoms with E-state index in [1.54, 1.807) is 6.08 Å². The lowest BCUT2D eigenvalue weighted by atomic mass is 10.0. The molecule has 0 aromatic carbocycles. The third-order valence-electron chi connectivity index (χ3n) is 11.7. The molecule has 0 saturated heterocycles. The minimum Gasteiger partial charge on any atom is -0.756 e. The van der Waals surface area contributed by atoms with E-state index < -0.39 is 20.0 Å². The zero-order valence-electron chi connectivity index (χ0n) is 40.0. The number of unbranched alkanes of at least 4 members (excludes halogenated alkanes) is 34. The summed E-state index contributed by atoms with van der Waals surface area (Å²) >= 11 is 0. The topological polar surface area (TPSA) is 108 Å². The maximum Gasteiger partial charge on any atom is 0.268 e. The van der Waals surface area contributed by atoms with Crippen molar-refractivity contribution in [2.75, 3.05) is 40.9 Å². The lowest BCUT2D eigenvalue weighted by Crippen LogP contribution is -2.45. The van der Waals surface area contributed by atoms with Crippen molar-refractivity contribution in [3.63, 3.8) is 0 Å². The molecular formula is C50H101N2O6P. The van der Waals surface area contributed by atoms with Crippen molar-refractivity contribution in [2.24, 2.45) is 0 Å². The molecule has 0 aliphatic heterocycles. The van der Waals surface area contributed by atoms with Crippen molar-refractivity contribution in [2.45, 2.75) is 264 Å². The standard InChI is InChI=1S/C50H101N2O6P/c1-6-8-10-12-14-16-18-19-20-21-22-23-24-25-26-27-28-29-30-31-32-33-34-35-37-39-41-43-49(53)48(47-58-59(55,56)57-46-45-52(3,4)5)51-50(54)44-42-40-38-36-17-15-13-11-9-7-2/h41,43,48-49,53H,6-40,42,44-47H2,1-5H3,(H-,51,54,55,56)/b43-41+. The Morgan fingerprint density at radius 2 is 0.915 bits per heavy atom. The van der Waals surface area contributed by atoms with Crippen molar-refractivity contribution in [3.05, 3.63) is 12.2 Å². The molecule has 0 bridgehead atoms. The second-order valence-corrected chi connectivity index (χ2v) is 20.3. The number of rotatable bonds is 47. The van der Waals surface area contributed by atoms with E-state index in [9.17, 15) is 19.4 Å². The zero-order valence-corrected chi connectivity index (χ0v) is 40.9. The molecule has 2 N–H and O–H groups in total. The Morgan fingerprint density at radius 3 is 1.27 bits per heavy atom. The summed E-state index contributed by atoms with van der Waals surface area (Å²) in [4.78, 5) is 25.3. The van der Waals surface area contributed by atoms with Crippen LogP contribution in [0.3, 0.4) is 0 Å². The summed E-state index contributed by atoms with van der Waals surface area (Å²) < 4.78 is 23.2. The van der Waals surface area contributed by atoms with Gasteiger partial charge in [0.15, 0.2) is 0 Å². The van der Waals surface area contributed by atoms with Crippen LogP contribution in [0.5, 0.6) is 0 Å². The molecule has 0 saturated carbocycles. The van der Waals surface area contributed by atoms with Crippen LogP contribution in [0, 0.1) is 0 Å². The number of phosphoric ester groups is 1. The molecule has 1 amide bonds. The fraction of sp³-hybridized carbons (Fsp3) is 0.940. The van der Waals surface area contributed by atoms with E-state index in [-0.39, 0.29) is 19.1 Å². The Kier molecular flexibility index (Phi) is 42.0. The third-order valence-corrected chi connectivity index (χ3v) is 12.7. The monoisotopic (exact) mass is 857 g/mol. The molecule has 59 heavy (non-hydrogen) atoms. The van der Waals surface area contributed by atoms with Gasteiger partial charge in [-0.2, -0.15) is 0 Å². The number of hydrogen-bond acceptors (Lipinski definition) is 6. The Hall–Kier alpha value is -0.760. The molecule has 8 nitrogen and oxygen atoms in total. The Labute approximate surface area is 367 Å². The van der Waals surface area contributed by atoms with Crippen LogP contribution in [0.4, 0.5) is 0 Å². The summed E-state index contributed by atoms with van der Waals surface area (Å²) in [6.07, 6.45) is 50.0. The first-order valence-electron chi connectivity index (χ1n) is 25.6. The highest BCUT2D eigenvalue weighted by atomic mass is 31.2. The van der Waals surface area contributed by atoms with Crippen LogP contribution in [0.1, 0.15) is 251 Å². The maximum absolute atomic E-state index is 12.8. The van der Waals surface area contributed by atoms with E-state index in [0.717, 1.165) is 38.5 Å². The van der Waals surface area contributed by atoms with E-state index in [2.05, 4.69) is 19.2 Å². The molecule has 0 aliphatic carbocycles. The molecule has 0 rings (SSSR count). The van der Waals surface area contributed by atoms with Gasteiger partial charge in [0.05, 0.1) is 39.9 Å². The predicted molar refractivity (Wildman–Crippen MR) is 252 cm³/mol. The number of aliphatic hydroxyl groups is 1. The summed E-state index contributed by atoms with van der Waals surface area (Å²) in [6.45, 7) is 4.66. The highest BCUT2D eigenvalue weighted by molar-refractivity contribution is 7.45. The summed E-state index contributed by atoms with van der Waals surface area (Å²) in [5.74, 6) is -0.197. The van der Waals surface area contributed by atoms with E-state index in [1.165, 1.54) is 193 Å². The van der Waals surface area contributed by atoms with Crippen molar-refractivity contribution in [1.29, 1.82) is 0 Å². The first-order valence-corrected chi connectivity index (χ1v) is 27.0. The van der Waals surface area contributed by atoms with Crippen LogP contribution in [0.15, 0.2) is 12.2 Å². The van der Waals surface area contributed by atoms with Crippen LogP contribution < -0.4 is 10.2 Å². The van der Waals surface area contributed by atoms with Gasteiger partial charge in [0.2, 0.25) is 5.91 Å². The highest BCUT2D eigenvalue weighted by Crippen LogP contribution is 2.38. The second kappa shape index (κ2) is 42.5. The second-order valence-electron chi connectivity index (χ2n) is 18.9. The fourth-order valence-corrected chi connectivity index (χ4v) is 8.41. The molecule has 0 heterocycles. The van der Waals surface area contributed by atoms with Crippen LogP contribution in [0.25, 0.3) is 0 Å². The Bertz CT molecular complexity index is 974. The minimum atomic E-state index is -4.58. The van der Waals surface area contributed by atoms with Gasteiger partial charge in [-0.05, 0) is 19.3 Å². The third kappa shape index (κ3) is 45.1. The summed E-state index contributed by atoms with van der Waals surface area (Å²) in [7, 11) is 1.27. The molecule has 0 fully saturated rings. The summed E-state index contributed by atoms with van der Waals surface area (Å²) in [5.41, 5.74) is 0. The van der Waals surface area contributed by atoms with Gasteiger partial charge < -0.3 is 28.8 Å². The van der Waals surface area contributed by atoms with Crippen molar-refractivity contribution in [3.8, 4) is 0 Å². The van der Waals surface area contributed by atoms with Crippen LogP contribution in [-0.4, -0.2) is 68.5 Å². The Morgan fingerprint density at radius 1 is 0.576 bits per heavy atom. The fourth-order valence-electron chi connectivity index (χ4n) is 7.68. The molecule has 3 atom stereocenters. The highest BCUT2D eigenvalue weighted by Gasteiger charge is 2.23. The first kappa shape index (κ1) is 58.2. The molecule has 352 valence electrons. The smallest absolute Gasteiger partial charge is 0.268 e. The van der Waals surface area contributed by atoms with Gasteiger partial charge in [-0.25, -0.2) is 0 Å². The number of aliphatic hydroxyl groups excluding tert-OH is 1.